The summed E-state index contributed by atoms with van der Waals surface area (Å²) in [4.78, 5) is 3.81. The molecular weight excluding hydrogens is 759 g/mol. The van der Waals surface area contributed by atoms with Crippen molar-refractivity contribution in [3.63, 3.8) is 0 Å². The molecule has 0 amide bonds. The summed E-state index contributed by atoms with van der Waals surface area (Å²) in [5, 5.41) is 4.94. The molecular formula is C58H39NOS. The number of rotatable bonds is 7. The number of hydrogen-bond donors (Lipinski definition) is 0. The molecule has 0 bridgehead atoms. The molecule has 0 saturated carbocycles. The van der Waals surface area contributed by atoms with Crippen LogP contribution in [0.15, 0.2) is 234 Å². The first kappa shape index (κ1) is 35.6. The Kier molecular flexibility index (Phi) is 8.60. The van der Waals surface area contributed by atoms with Crippen LogP contribution in [0.3, 0.4) is 0 Å². The van der Waals surface area contributed by atoms with Crippen LogP contribution in [-0.4, -0.2) is 5.25 Å². The zero-order chi connectivity index (χ0) is 40.3. The average molecular weight is 798 g/mol. The Bertz CT molecular complexity index is 3340. The molecule has 9 aromatic carbocycles. The quantitative estimate of drug-likeness (QED) is 0.160. The number of benzene rings is 9. The van der Waals surface area contributed by atoms with Crippen LogP contribution in [0.5, 0.6) is 0 Å². The molecule has 1 aliphatic carbocycles. The Morgan fingerprint density at radius 1 is 0.443 bits per heavy atom. The predicted molar refractivity (Wildman–Crippen MR) is 258 cm³/mol. The summed E-state index contributed by atoms with van der Waals surface area (Å²) in [6.07, 6.45) is 9.11. The van der Waals surface area contributed by atoms with Gasteiger partial charge in [0.25, 0.3) is 0 Å². The lowest BCUT2D eigenvalue weighted by molar-refractivity contribution is 0.673. The molecule has 3 heteroatoms. The normalized spacial score (nSPS) is 15.3. The summed E-state index contributed by atoms with van der Waals surface area (Å²) in [5.41, 5.74) is 16.1. The van der Waals surface area contributed by atoms with Crippen LogP contribution in [0.1, 0.15) is 11.5 Å². The molecule has 10 aromatic rings. The standard InChI is InChI=1S/C58H39NOS/c1-3-15-39(16-4-1)44-35-32-42(37-51(44)40-17-5-2-6-18-40)38-29-33-43(34-30-38)59(53-26-13-24-49-47-22-10-12-28-55(47)61-58(49)53)52-25-11-9-21-46(52)48-23-14-27-54-56(48)50-36-31-41-19-7-8-20-45(41)57(50)60-54/h1-37,47,55H. The van der Waals surface area contributed by atoms with Gasteiger partial charge in [0, 0.05) is 43.5 Å². The van der Waals surface area contributed by atoms with Gasteiger partial charge in [-0.2, -0.15) is 0 Å². The van der Waals surface area contributed by atoms with E-state index in [1.807, 2.05) is 11.8 Å². The number of furan rings is 1. The summed E-state index contributed by atoms with van der Waals surface area (Å²) < 4.78 is 6.71. The monoisotopic (exact) mass is 797 g/mol. The summed E-state index contributed by atoms with van der Waals surface area (Å²) in [7, 11) is 0. The van der Waals surface area contributed by atoms with Gasteiger partial charge in [-0.05, 0) is 92.4 Å². The minimum absolute atomic E-state index is 0.350. The summed E-state index contributed by atoms with van der Waals surface area (Å²) >= 11 is 1.98. The minimum Gasteiger partial charge on any atom is -0.455 e. The maximum atomic E-state index is 6.71. The van der Waals surface area contributed by atoms with Crippen LogP contribution in [0.25, 0.3) is 77.2 Å². The predicted octanol–water partition coefficient (Wildman–Crippen LogP) is 16.6. The van der Waals surface area contributed by atoms with Crippen LogP contribution < -0.4 is 4.90 Å². The fourth-order valence-electron chi connectivity index (χ4n) is 9.56. The molecule has 2 nitrogen and oxygen atoms in total. The van der Waals surface area contributed by atoms with Gasteiger partial charge in [-0.3, -0.25) is 0 Å². The highest BCUT2D eigenvalue weighted by Gasteiger charge is 2.34. The molecule has 0 saturated heterocycles. The van der Waals surface area contributed by atoms with Crippen molar-refractivity contribution in [2.45, 2.75) is 16.1 Å². The summed E-state index contributed by atoms with van der Waals surface area (Å²) in [5.74, 6) is 0.350. The van der Waals surface area contributed by atoms with Crippen molar-refractivity contribution >= 4 is 61.5 Å². The van der Waals surface area contributed by atoms with Crippen molar-refractivity contribution in [1.82, 2.24) is 0 Å². The molecule has 61 heavy (non-hydrogen) atoms. The second kappa shape index (κ2) is 14.7. The molecule has 2 heterocycles. The Balaban J connectivity index is 1.03. The third-order valence-electron chi connectivity index (χ3n) is 12.4. The number of para-hydroxylation sites is 1. The molecule has 0 spiro atoms. The van der Waals surface area contributed by atoms with Gasteiger partial charge >= 0.3 is 0 Å². The molecule has 0 fully saturated rings. The van der Waals surface area contributed by atoms with Crippen LogP contribution in [0.2, 0.25) is 0 Å². The van der Waals surface area contributed by atoms with Gasteiger partial charge < -0.3 is 9.32 Å². The van der Waals surface area contributed by atoms with E-state index in [-0.39, 0.29) is 0 Å². The topological polar surface area (TPSA) is 16.4 Å². The fraction of sp³-hybridized carbons (Fsp3) is 0.0345. The Morgan fingerprint density at radius 2 is 1.13 bits per heavy atom. The number of thioether (sulfide) groups is 1. The first-order chi connectivity index (χ1) is 30.3. The maximum absolute atomic E-state index is 6.71. The number of hydrogen-bond acceptors (Lipinski definition) is 3. The SMILES string of the molecule is C1=CC2Sc3c(cccc3N(c3ccc(-c4ccc(-c5ccccc5)c(-c5ccccc5)c4)cc3)c3ccccc3-c3cccc4oc5c6ccccc6ccc5c34)C2C=C1. The van der Waals surface area contributed by atoms with Gasteiger partial charge in [0.2, 0.25) is 0 Å². The third-order valence-corrected chi connectivity index (χ3v) is 13.8. The molecule has 0 N–H and O–H groups in total. The van der Waals surface area contributed by atoms with E-state index in [0.29, 0.717) is 11.2 Å². The van der Waals surface area contributed by atoms with E-state index in [2.05, 4.69) is 229 Å². The first-order valence-electron chi connectivity index (χ1n) is 21.0. The lowest BCUT2D eigenvalue weighted by Gasteiger charge is -2.30. The fourth-order valence-corrected chi connectivity index (χ4v) is 11.0. The van der Waals surface area contributed by atoms with Crippen LogP contribution in [-0.2, 0) is 0 Å². The third kappa shape index (κ3) is 6.04. The van der Waals surface area contributed by atoms with Crippen molar-refractivity contribution in [1.29, 1.82) is 0 Å². The Hall–Kier alpha value is -7.33. The van der Waals surface area contributed by atoms with Crippen molar-refractivity contribution in [3.05, 3.63) is 230 Å². The minimum atomic E-state index is 0.350. The van der Waals surface area contributed by atoms with Crippen molar-refractivity contribution < 1.29 is 4.42 Å². The van der Waals surface area contributed by atoms with Crippen LogP contribution in [0, 0.1) is 0 Å². The second-order valence-electron chi connectivity index (χ2n) is 15.9. The highest BCUT2D eigenvalue weighted by atomic mass is 32.2. The number of allylic oxidation sites excluding steroid dienone is 3. The van der Waals surface area contributed by atoms with Gasteiger partial charge in [-0.15, -0.1) is 11.8 Å². The maximum Gasteiger partial charge on any atom is 0.143 e. The van der Waals surface area contributed by atoms with E-state index in [1.54, 1.807) is 0 Å². The zero-order valence-corrected chi connectivity index (χ0v) is 34.1. The smallest absolute Gasteiger partial charge is 0.143 e. The summed E-state index contributed by atoms with van der Waals surface area (Å²) in [6.45, 7) is 0. The van der Waals surface area contributed by atoms with E-state index < -0.39 is 0 Å². The van der Waals surface area contributed by atoms with Crippen molar-refractivity contribution in [2.75, 3.05) is 4.90 Å². The lowest BCUT2D eigenvalue weighted by Crippen LogP contribution is -2.12. The molecule has 2 aliphatic rings. The van der Waals surface area contributed by atoms with E-state index in [0.717, 1.165) is 49.8 Å². The van der Waals surface area contributed by atoms with Crippen molar-refractivity contribution in [3.8, 4) is 44.5 Å². The summed E-state index contributed by atoms with van der Waals surface area (Å²) in [6, 6.07) is 72.6. The Labute approximate surface area is 359 Å². The van der Waals surface area contributed by atoms with Gasteiger partial charge in [-0.25, -0.2) is 0 Å². The first-order valence-corrected chi connectivity index (χ1v) is 21.9. The average Bonchev–Trinajstić information content (AvgIpc) is 3.92. The van der Waals surface area contributed by atoms with E-state index >= 15 is 0 Å². The van der Waals surface area contributed by atoms with Crippen LogP contribution >= 0.6 is 11.8 Å². The molecule has 1 aromatic heterocycles. The van der Waals surface area contributed by atoms with Crippen LogP contribution in [0.4, 0.5) is 17.1 Å². The lowest BCUT2D eigenvalue weighted by atomic mass is 9.91. The largest absolute Gasteiger partial charge is 0.455 e. The van der Waals surface area contributed by atoms with E-state index in [1.165, 1.54) is 54.9 Å². The Morgan fingerprint density at radius 3 is 1.98 bits per heavy atom. The zero-order valence-electron chi connectivity index (χ0n) is 33.3. The molecule has 288 valence electrons. The van der Waals surface area contributed by atoms with Gasteiger partial charge in [0.1, 0.15) is 11.2 Å². The second-order valence-corrected chi connectivity index (χ2v) is 17.1. The van der Waals surface area contributed by atoms with Gasteiger partial charge in [-0.1, -0.05) is 182 Å². The van der Waals surface area contributed by atoms with E-state index in [9.17, 15) is 0 Å². The number of nitrogens with zero attached hydrogens (tertiary/aromatic N) is 1. The van der Waals surface area contributed by atoms with Gasteiger partial charge in [0.05, 0.1) is 11.4 Å². The van der Waals surface area contributed by atoms with Crippen molar-refractivity contribution in [2.24, 2.45) is 0 Å². The molecule has 12 rings (SSSR count). The molecule has 0 radical (unpaired) electrons. The number of fused-ring (bicyclic) bond motifs is 8. The molecule has 2 unspecified atom stereocenters. The highest BCUT2D eigenvalue weighted by Crippen LogP contribution is 2.55. The number of anilines is 3. The van der Waals surface area contributed by atoms with E-state index in [4.69, 9.17) is 4.42 Å². The highest BCUT2D eigenvalue weighted by molar-refractivity contribution is 8.00. The molecule has 1 aliphatic heterocycles. The molecule has 2 atom stereocenters. The van der Waals surface area contributed by atoms with Gasteiger partial charge in [0.15, 0.2) is 0 Å².